The highest BCUT2D eigenvalue weighted by Gasteiger charge is 2.32. The lowest BCUT2D eigenvalue weighted by Gasteiger charge is -2.32. The molecule has 1 fully saturated rings. The van der Waals surface area contributed by atoms with Crippen LogP contribution in [0.1, 0.15) is 42.4 Å². The highest BCUT2D eigenvalue weighted by molar-refractivity contribution is 6.35. The first-order chi connectivity index (χ1) is 17.0. The smallest absolute Gasteiger partial charge is 0.243 e. The van der Waals surface area contributed by atoms with Crippen molar-refractivity contribution in [1.82, 2.24) is 10.2 Å². The average Bonchev–Trinajstić information content (AvgIpc) is 3.36. The Morgan fingerprint density at radius 3 is 2.14 bits per heavy atom. The van der Waals surface area contributed by atoms with Crippen LogP contribution in [0.15, 0.2) is 78.9 Å². The van der Waals surface area contributed by atoms with Gasteiger partial charge in [-0.1, -0.05) is 103 Å². The number of benzene rings is 3. The summed E-state index contributed by atoms with van der Waals surface area (Å²) in [4.78, 5) is 29.1. The summed E-state index contributed by atoms with van der Waals surface area (Å²) >= 11 is 12.6. The maximum Gasteiger partial charge on any atom is 0.243 e. The van der Waals surface area contributed by atoms with E-state index in [0.717, 1.165) is 42.4 Å². The second-order valence-corrected chi connectivity index (χ2v) is 9.96. The van der Waals surface area contributed by atoms with Gasteiger partial charge in [-0.15, -0.1) is 0 Å². The lowest BCUT2D eigenvalue weighted by Crippen LogP contribution is -2.52. The summed E-state index contributed by atoms with van der Waals surface area (Å²) in [7, 11) is 0. The zero-order valence-electron chi connectivity index (χ0n) is 19.6. The van der Waals surface area contributed by atoms with Crippen LogP contribution in [0, 0.1) is 0 Å². The summed E-state index contributed by atoms with van der Waals surface area (Å²) in [6.45, 7) is 0.220. The van der Waals surface area contributed by atoms with E-state index in [9.17, 15) is 9.59 Å². The lowest BCUT2D eigenvalue weighted by molar-refractivity contribution is -0.141. The van der Waals surface area contributed by atoms with E-state index in [0.29, 0.717) is 16.5 Å². The van der Waals surface area contributed by atoms with E-state index in [1.165, 1.54) is 0 Å². The Morgan fingerprint density at radius 2 is 1.51 bits per heavy atom. The van der Waals surface area contributed by atoms with Gasteiger partial charge in [-0.3, -0.25) is 9.59 Å². The molecule has 1 atom stereocenters. The second kappa shape index (κ2) is 12.2. The highest BCUT2D eigenvalue weighted by atomic mass is 35.5. The molecule has 3 aromatic rings. The summed E-state index contributed by atoms with van der Waals surface area (Å²) < 4.78 is 0. The van der Waals surface area contributed by atoms with E-state index >= 15 is 0 Å². The maximum absolute atomic E-state index is 13.7. The standard InChI is InChI=1S/C29H30Cl2N2O2/c30-24-16-15-23(26(31)19-24)20-33(28(34)18-22-11-5-2-6-12-22)27(17-21-9-3-1-4-10-21)29(35)32-25-13-7-8-14-25/h1-6,9-12,15-16,19,25,27H,7-8,13-14,17-18,20H2,(H,32,35)/t27-/m0/s1. The first kappa shape index (κ1) is 25.3. The SMILES string of the molecule is O=C(NC1CCCC1)[C@H](Cc1ccccc1)N(Cc1ccc(Cl)cc1Cl)C(=O)Cc1ccccc1. The summed E-state index contributed by atoms with van der Waals surface area (Å²) in [6, 6.07) is 24.2. The van der Waals surface area contributed by atoms with Gasteiger partial charge < -0.3 is 10.2 Å². The van der Waals surface area contributed by atoms with E-state index < -0.39 is 6.04 Å². The van der Waals surface area contributed by atoms with E-state index in [1.807, 2.05) is 66.7 Å². The minimum atomic E-state index is -0.666. The summed E-state index contributed by atoms with van der Waals surface area (Å²) in [5.41, 5.74) is 2.65. The molecule has 1 aliphatic rings. The maximum atomic E-state index is 13.7. The fourth-order valence-corrected chi connectivity index (χ4v) is 5.10. The first-order valence-corrected chi connectivity index (χ1v) is 12.9. The molecule has 182 valence electrons. The molecule has 1 saturated carbocycles. The third kappa shape index (κ3) is 7.09. The fourth-order valence-electron chi connectivity index (χ4n) is 4.63. The van der Waals surface area contributed by atoms with Gasteiger partial charge in [-0.2, -0.15) is 0 Å². The molecular weight excluding hydrogens is 479 g/mol. The number of rotatable bonds is 9. The Labute approximate surface area is 217 Å². The van der Waals surface area contributed by atoms with Crippen molar-refractivity contribution in [2.24, 2.45) is 0 Å². The van der Waals surface area contributed by atoms with E-state index in [-0.39, 0.29) is 30.8 Å². The minimum Gasteiger partial charge on any atom is -0.352 e. The monoisotopic (exact) mass is 508 g/mol. The molecule has 0 spiro atoms. The van der Waals surface area contributed by atoms with Gasteiger partial charge in [0.25, 0.3) is 0 Å². The number of carbonyl (C=O) groups excluding carboxylic acids is 2. The highest BCUT2D eigenvalue weighted by Crippen LogP contribution is 2.25. The fraction of sp³-hybridized carbons (Fsp3) is 0.310. The number of nitrogens with zero attached hydrogens (tertiary/aromatic N) is 1. The molecular formula is C29H30Cl2N2O2. The molecule has 3 aromatic carbocycles. The van der Waals surface area contributed by atoms with E-state index in [2.05, 4.69) is 5.32 Å². The van der Waals surface area contributed by atoms with Crippen molar-refractivity contribution in [1.29, 1.82) is 0 Å². The Balaban J connectivity index is 1.67. The molecule has 4 nitrogen and oxygen atoms in total. The van der Waals surface area contributed by atoms with Gasteiger partial charge in [0, 0.05) is 29.1 Å². The topological polar surface area (TPSA) is 49.4 Å². The third-order valence-corrected chi connectivity index (χ3v) is 7.11. The lowest BCUT2D eigenvalue weighted by atomic mass is 10.0. The Kier molecular flexibility index (Phi) is 8.84. The molecule has 0 bridgehead atoms. The van der Waals surface area contributed by atoms with Crippen molar-refractivity contribution in [3.8, 4) is 0 Å². The largest absolute Gasteiger partial charge is 0.352 e. The molecule has 4 rings (SSSR count). The Hall–Kier alpha value is -2.82. The van der Waals surface area contributed by atoms with Crippen LogP contribution in [0.3, 0.4) is 0 Å². The number of hydrogen-bond donors (Lipinski definition) is 1. The second-order valence-electron chi connectivity index (χ2n) is 9.12. The van der Waals surface area contributed by atoms with E-state index in [1.54, 1.807) is 17.0 Å². The predicted octanol–water partition coefficient (Wildman–Crippen LogP) is 6.23. The van der Waals surface area contributed by atoms with Crippen molar-refractivity contribution in [3.05, 3.63) is 106 Å². The van der Waals surface area contributed by atoms with E-state index in [4.69, 9.17) is 23.2 Å². The molecule has 0 saturated heterocycles. The Morgan fingerprint density at radius 1 is 0.886 bits per heavy atom. The van der Waals surface area contributed by atoms with Crippen LogP contribution in [0.5, 0.6) is 0 Å². The molecule has 1 N–H and O–H groups in total. The molecule has 6 heteroatoms. The zero-order chi connectivity index (χ0) is 24.6. The van der Waals surface area contributed by atoms with Crippen molar-refractivity contribution in [3.63, 3.8) is 0 Å². The van der Waals surface area contributed by atoms with Crippen LogP contribution in [0.4, 0.5) is 0 Å². The van der Waals surface area contributed by atoms with Crippen molar-refractivity contribution >= 4 is 35.0 Å². The molecule has 0 aliphatic heterocycles. The average molecular weight is 509 g/mol. The van der Waals surface area contributed by atoms with Gasteiger partial charge in [0.05, 0.1) is 6.42 Å². The normalized spacial score (nSPS) is 14.5. The number of halogens is 2. The van der Waals surface area contributed by atoms with Crippen LogP contribution in [0.25, 0.3) is 0 Å². The van der Waals surface area contributed by atoms with Gasteiger partial charge in [-0.25, -0.2) is 0 Å². The number of hydrogen-bond acceptors (Lipinski definition) is 2. The first-order valence-electron chi connectivity index (χ1n) is 12.1. The molecule has 0 heterocycles. The van der Waals surface area contributed by atoms with Crippen molar-refractivity contribution < 1.29 is 9.59 Å². The molecule has 0 radical (unpaired) electrons. The summed E-state index contributed by atoms with van der Waals surface area (Å²) in [6.07, 6.45) is 4.81. The number of carbonyl (C=O) groups is 2. The van der Waals surface area contributed by atoms with Gasteiger partial charge in [0.15, 0.2) is 0 Å². The van der Waals surface area contributed by atoms with Crippen LogP contribution in [0.2, 0.25) is 10.0 Å². The van der Waals surface area contributed by atoms with Gasteiger partial charge in [0.2, 0.25) is 11.8 Å². The van der Waals surface area contributed by atoms with Gasteiger partial charge >= 0.3 is 0 Å². The van der Waals surface area contributed by atoms with Crippen LogP contribution in [-0.2, 0) is 29.0 Å². The zero-order valence-corrected chi connectivity index (χ0v) is 21.1. The van der Waals surface area contributed by atoms with Gasteiger partial charge in [0.1, 0.15) is 6.04 Å². The number of amides is 2. The summed E-state index contributed by atoms with van der Waals surface area (Å²) in [5.74, 6) is -0.239. The van der Waals surface area contributed by atoms with Gasteiger partial charge in [-0.05, 0) is 41.7 Å². The molecule has 35 heavy (non-hydrogen) atoms. The van der Waals surface area contributed by atoms with Crippen molar-refractivity contribution in [2.45, 2.75) is 57.2 Å². The van der Waals surface area contributed by atoms with Crippen LogP contribution >= 0.6 is 23.2 Å². The number of nitrogens with one attached hydrogen (secondary N) is 1. The third-order valence-electron chi connectivity index (χ3n) is 6.53. The van der Waals surface area contributed by atoms with Crippen LogP contribution < -0.4 is 5.32 Å². The van der Waals surface area contributed by atoms with Crippen molar-refractivity contribution in [2.75, 3.05) is 0 Å². The molecule has 2 amide bonds. The summed E-state index contributed by atoms with van der Waals surface area (Å²) in [5, 5.41) is 4.23. The quantitative estimate of drug-likeness (QED) is 0.372. The molecule has 0 aromatic heterocycles. The molecule has 0 unspecified atom stereocenters. The minimum absolute atomic E-state index is 0.118. The van der Waals surface area contributed by atoms with Crippen LogP contribution in [-0.4, -0.2) is 28.8 Å². The Bertz CT molecular complexity index is 1130. The predicted molar refractivity (Wildman–Crippen MR) is 141 cm³/mol. The molecule has 1 aliphatic carbocycles.